The molecule has 0 aliphatic carbocycles. The fourth-order valence-corrected chi connectivity index (χ4v) is 3.40. The van der Waals surface area contributed by atoms with E-state index >= 15 is 0 Å². The summed E-state index contributed by atoms with van der Waals surface area (Å²) in [7, 11) is -2.08. The highest BCUT2D eigenvalue weighted by Crippen LogP contribution is 2.25. The van der Waals surface area contributed by atoms with Gasteiger partial charge in [-0.1, -0.05) is 6.07 Å². The lowest BCUT2D eigenvalue weighted by Crippen LogP contribution is -2.29. The molecule has 1 rings (SSSR count). The molecule has 1 aromatic carbocycles. The summed E-state index contributed by atoms with van der Waals surface area (Å²) in [5, 5.41) is 8.75. The van der Waals surface area contributed by atoms with Crippen LogP contribution in [0.25, 0.3) is 0 Å². The Kier molecular flexibility index (Phi) is 4.49. The molecule has 90 valence electrons. The number of rotatable bonds is 4. The standard InChI is InChI=1S/C10H14BrNO3S/c1-8-3-4-9(11)10(7-8)16(14,15)12(2)5-6-13/h3-4,7,13H,5-6H2,1-2H3. The van der Waals surface area contributed by atoms with Gasteiger partial charge in [0, 0.05) is 18.1 Å². The summed E-state index contributed by atoms with van der Waals surface area (Å²) >= 11 is 3.22. The molecule has 0 aliphatic rings. The maximum Gasteiger partial charge on any atom is 0.244 e. The van der Waals surface area contributed by atoms with Gasteiger partial charge < -0.3 is 5.11 Å². The Balaban J connectivity index is 3.21. The molecule has 0 fully saturated rings. The quantitative estimate of drug-likeness (QED) is 0.914. The van der Waals surface area contributed by atoms with Gasteiger partial charge in [-0.25, -0.2) is 8.42 Å². The van der Waals surface area contributed by atoms with Crippen LogP contribution >= 0.6 is 15.9 Å². The van der Waals surface area contributed by atoms with Gasteiger partial charge in [-0.05, 0) is 40.5 Å². The van der Waals surface area contributed by atoms with Crippen LogP contribution in [0.4, 0.5) is 0 Å². The van der Waals surface area contributed by atoms with Crippen LogP contribution in [0.1, 0.15) is 5.56 Å². The second kappa shape index (κ2) is 5.27. The number of hydrogen-bond donors (Lipinski definition) is 1. The first-order valence-electron chi connectivity index (χ1n) is 4.73. The smallest absolute Gasteiger partial charge is 0.244 e. The topological polar surface area (TPSA) is 57.6 Å². The van der Waals surface area contributed by atoms with E-state index in [1.807, 2.05) is 13.0 Å². The van der Waals surface area contributed by atoms with Crippen LogP contribution in [0.3, 0.4) is 0 Å². The Morgan fingerprint density at radius 2 is 2.06 bits per heavy atom. The molecular formula is C10H14BrNO3S. The molecule has 0 aliphatic heterocycles. The first-order valence-corrected chi connectivity index (χ1v) is 6.96. The van der Waals surface area contributed by atoms with Crippen molar-refractivity contribution >= 4 is 26.0 Å². The molecule has 0 atom stereocenters. The molecule has 0 saturated heterocycles. The van der Waals surface area contributed by atoms with Crippen molar-refractivity contribution < 1.29 is 13.5 Å². The Bertz CT molecular complexity index is 473. The molecule has 0 radical (unpaired) electrons. The fraction of sp³-hybridized carbons (Fsp3) is 0.400. The van der Waals surface area contributed by atoms with Crippen molar-refractivity contribution in [2.75, 3.05) is 20.2 Å². The van der Waals surface area contributed by atoms with Gasteiger partial charge in [0.05, 0.1) is 11.5 Å². The van der Waals surface area contributed by atoms with Crippen molar-refractivity contribution in [1.82, 2.24) is 4.31 Å². The third-order valence-corrected chi connectivity index (χ3v) is 5.04. The second-order valence-corrected chi connectivity index (χ2v) is 6.35. The SMILES string of the molecule is Cc1ccc(Br)c(S(=O)(=O)N(C)CCO)c1. The number of halogens is 1. The van der Waals surface area contributed by atoms with Crippen LogP contribution in [0.5, 0.6) is 0 Å². The van der Waals surface area contributed by atoms with Crippen LogP contribution in [0.2, 0.25) is 0 Å². The van der Waals surface area contributed by atoms with Gasteiger partial charge in [-0.2, -0.15) is 4.31 Å². The van der Waals surface area contributed by atoms with E-state index in [1.165, 1.54) is 7.05 Å². The van der Waals surface area contributed by atoms with Gasteiger partial charge >= 0.3 is 0 Å². The largest absolute Gasteiger partial charge is 0.395 e. The molecule has 0 amide bonds. The summed E-state index contributed by atoms with van der Waals surface area (Å²) in [5.74, 6) is 0. The Hall–Kier alpha value is -0.430. The van der Waals surface area contributed by atoms with E-state index < -0.39 is 10.0 Å². The minimum absolute atomic E-state index is 0.0860. The van der Waals surface area contributed by atoms with Crippen LogP contribution in [-0.2, 0) is 10.0 Å². The Morgan fingerprint density at radius 3 is 2.62 bits per heavy atom. The summed E-state index contributed by atoms with van der Waals surface area (Å²) in [6, 6.07) is 5.14. The zero-order chi connectivity index (χ0) is 12.3. The van der Waals surface area contributed by atoms with Crippen molar-refractivity contribution in [3.63, 3.8) is 0 Å². The van der Waals surface area contributed by atoms with E-state index in [-0.39, 0.29) is 18.0 Å². The van der Waals surface area contributed by atoms with Gasteiger partial charge in [-0.15, -0.1) is 0 Å². The van der Waals surface area contributed by atoms with Crippen LogP contribution in [0.15, 0.2) is 27.6 Å². The third kappa shape index (κ3) is 2.82. The molecule has 1 N–H and O–H groups in total. The number of hydrogen-bond acceptors (Lipinski definition) is 3. The minimum Gasteiger partial charge on any atom is -0.395 e. The van der Waals surface area contributed by atoms with E-state index in [2.05, 4.69) is 15.9 Å². The average molecular weight is 308 g/mol. The lowest BCUT2D eigenvalue weighted by atomic mass is 10.2. The highest BCUT2D eigenvalue weighted by Gasteiger charge is 2.22. The summed E-state index contributed by atoms with van der Waals surface area (Å²) < 4.78 is 25.8. The average Bonchev–Trinajstić information content (AvgIpc) is 2.22. The van der Waals surface area contributed by atoms with E-state index in [4.69, 9.17) is 5.11 Å². The number of likely N-dealkylation sites (N-methyl/N-ethyl adjacent to an activating group) is 1. The molecule has 0 spiro atoms. The van der Waals surface area contributed by atoms with Crippen LogP contribution in [0, 0.1) is 6.92 Å². The molecule has 0 bridgehead atoms. The van der Waals surface area contributed by atoms with E-state index in [0.29, 0.717) is 4.47 Å². The lowest BCUT2D eigenvalue weighted by molar-refractivity contribution is 0.266. The van der Waals surface area contributed by atoms with Crippen molar-refractivity contribution in [3.8, 4) is 0 Å². The Morgan fingerprint density at radius 1 is 1.44 bits per heavy atom. The highest BCUT2D eigenvalue weighted by atomic mass is 79.9. The maximum atomic E-state index is 12.1. The van der Waals surface area contributed by atoms with Crippen molar-refractivity contribution in [2.45, 2.75) is 11.8 Å². The predicted octanol–water partition coefficient (Wildman–Crippen LogP) is 1.37. The van der Waals surface area contributed by atoms with Gasteiger partial charge in [0.1, 0.15) is 0 Å². The van der Waals surface area contributed by atoms with Crippen LogP contribution in [-0.4, -0.2) is 38.0 Å². The van der Waals surface area contributed by atoms with Gasteiger partial charge in [0.2, 0.25) is 10.0 Å². The van der Waals surface area contributed by atoms with E-state index in [9.17, 15) is 8.42 Å². The minimum atomic E-state index is -3.53. The number of aryl methyl sites for hydroxylation is 1. The molecule has 16 heavy (non-hydrogen) atoms. The van der Waals surface area contributed by atoms with E-state index in [1.54, 1.807) is 12.1 Å². The number of benzene rings is 1. The normalized spacial score (nSPS) is 12.1. The number of aliphatic hydroxyl groups excluding tert-OH is 1. The summed E-state index contributed by atoms with van der Waals surface area (Å²) in [5.41, 5.74) is 0.874. The fourth-order valence-electron chi connectivity index (χ4n) is 1.24. The van der Waals surface area contributed by atoms with Gasteiger partial charge in [0.15, 0.2) is 0 Å². The molecule has 0 saturated carbocycles. The molecule has 4 nitrogen and oxygen atoms in total. The van der Waals surface area contributed by atoms with Crippen molar-refractivity contribution in [1.29, 1.82) is 0 Å². The Labute approximate surface area is 104 Å². The summed E-state index contributed by atoms with van der Waals surface area (Å²) in [6.45, 7) is 1.72. The first-order chi connectivity index (χ1) is 7.39. The second-order valence-electron chi connectivity index (χ2n) is 3.48. The van der Waals surface area contributed by atoms with E-state index in [0.717, 1.165) is 9.87 Å². The molecule has 0 aromatic heterocycles. The molecule has 1 aromatic rings. The lowest BCUT2D eigenvalue weighted by Gasteiger charge is -2.17. The molecule has 0 unspecified atom stereocenters. The zero-order valence-electron chi connectivity index (χ0n) is 9.14. The molecule has 0 heterocycles. The van der Waals surface area contributed by atoms with Gasteiger partial charge in [-0.3, -0.25) is 0 Å². The predicted molar refractivity (Wildman–Crippen MR) is 65.8 cm³/mol. The van der Waals surface area contributed by atoms with Gasteiger partial charge in [0.25, 0.3) is 0 Å². The monoisotopic (exact) mass is 307 g/mol. The number of aliphatic hydroxyl groups is 1. The van der Waals surface area contributed by atoms with Crippen LogP contribution < -0.4 is 0 Å². The highest BCUT2D eigenvalue weighted by molar-refractivity contribution is 9.10. The summed E-state index contributed by atoms with van der Waals surface area (Å²) in [4.78, 5) is 0.225. The maximum absolute atomic E-state index is 12.1. The molecular weight excluding hydrogens is 294 g/mol. The van der Waals surface area contributed by atoms with Crippen molar-refractivity contribution in [2.24, 2.45) is 0 Å². The third-order valence-electron chi connectivity index (χ3n) is 2.19. The van der Waals surface area contributed by atoms with Crippen molar-refractivity contribution in [3.05, 3.63) is 28.2 Å². The number of sulfonamides is 1. The zero-order valence-corrected chi connectivity index (χ0v) is 11.5. The summed E-state index contributed by atoms with van der Waals surface area (Å²) in [6.07, 6.45) is 0. The molecule has 6 heteroatoms. The first kappa shape index (κ1) is 13.6. The number of nitrogens with zero attached hydrogens (tertiary/aromatic N) is 1.